The molecule has 2 aliphatic carbocycles. The normalized spacial score (nSPS) is 17.5. The van der Waals surface area contributed by atoms with Crippen LogP contribution in [0.5, 0.6) is 0 Å². The fourth-order valence-electron chi connectivity index (χ4n) is 4.67. The van der Waals surface area contributed by atoms with E-state index in [1.807, 2.05) is 10.9 Å². The van der Waals surface area contributed by atoms with Crippen molar-refractivity contribution >= 4 is 17.6 Å². The Morgan fingerprint density at radius 2 is 1.86 bits per heavy atom. The summed E-state index contributed by atoms with van der Waals surface area (Å²) in [6.45, 7) is 5.68. The number of carboxylic acid groups (broad SMARTS) is 1. The van der Waals surface area contributed by atoms with E-state index in [0.29, 0.717) is 29.7 Å². The number of aromatic carboxylic acids is 1. The molecule has 6 nitrogen and oxygen atoms in total. The summed E-state index contributed by atoms with van der Waals surface area (Å²) in [5.41, 5.74) is -0.521. The number of alkyl halides is 1. The summed E-state index contributed by atoms with van der Waals surface area (Å²) < 4.78 is 31.0. The highest BCUT2D eigenvalue weighted by molar-refractivity contribution is 6.03. The Morgan fingerprint density at radius 1 is 1.14 bits per heavy atom. The number of aromatic nitrogens is 2. The SMILES string of the molecule is CC1(Cn2cc(-c3ccc(NC(=O)C4(c5ccc(C(C)(C)F)cc5F)CC4)cc3C(=O)O)cn2)CC1. The van der Waals surface area contributed by atoms with Crippen LogP contribution in [0.2, 0.25) is 0 Å². The van der Waals surface area contributed by atoms with E-state index in [4.69, 9.17) is 0 Å². The van der Waals surface area contributed by atoms with Crippen molar-refractivity contribution in [1.29, 1.82) is 0 Å². The van der Waals surface area contributed by atoms with Crippen molar-refractivity contribution in [1.82, 2.24) is 9.78 Å². The van der Waals surface area contributed by atoms with Crippen molar-refractivity contribution in [3.8, 4) is 11.1 Å². The minimum atomic E-state index is -1.69. The van der Waals surface area contributed by atoms with Crippen LogP contribution in [-0.4, -0.2) is 26.8 Å². The van der Waals surface area contributed by atoms with E-state index in [1.165, 1.54) is 32.0 Å². The van der Waals surface area contributed by atoms with E-state index in [-0.39, 0.29) is 22.1 Å². The number of nitrogens with zero attached hydrogens (tertiary/aromatic N) is 2. The Kier molecular flexibility index (Phi) is 5.54. The highest BCUT2D eigenvalue weighted by Gasteiger charge is 2.53. The number of anilines is 1. The number of hydrogen-bond donors (Lipinski definition) is 2. The zero-order chi connectivity index (χ0) is 25.9. The van der Waals surface area contributed by atoms with Crippen LogP contribution in [0, 0.1) is 11.2 Å². The quantitative estimate of drug-likeness (QED) is 0.399. The van der Waals surface area contributed by atoms with Gasteiger partial charge >= 0.3 is 5.97 Å². The van der Waals surface area contributed by atoms with Gasteiger partial charge in [0.05, 0.1) is 17.2 Å². The summed E-state index contributed by atoms with van der Waals surface area (Å²) in [7, 11) is 0. The average Bonchev–Trinajstić information content (AvgIpc) is 3.71. The molecular weight excluding hydrogens is 464 g/mol. The summed E-state index contributed by atoms with van der Waals surface area (Å²) >= 11 is 0. The second-order valence-corrected chi connectivity index (χ2v) is 11.0. The molecule has 2 saturated carbocycles. The standard InChI is InChI=1S/C28H29F2N3O3/c1-26(2,30)18-4-7-22(23(29)12-18)28(10-11-28)25(36)32-19-5-6-20(21(13-19)24(34)35)17-14-31-33(15-17)16-27(3)8-9-27/h4-7,12-15H,8-11,16H2,1-3H3,(H,32,36)(H,34,35). The van der Waals surface area contributed by atoms with Gasteiger partial charge in [-0.1, -0.05) is 25.1 Å². The number of amides is 1. The second-order valence-electron chi connectivity index (χ2n) is 11.0. The zero-order valence-corrected chi connectivity index (χ0v) is 20.6. The molecule has 0 radical (unpaired) electrons. The molecule has 2 aromatic carbocycles. The summed E-state index contributed by atoms with van der Waals surface area (Å²) in [6.07, 6.45) is 6.71. The van der Waals surface area contributed by atoms with Gasteiger partial charge in [0, 0.05) is 29.6 Å². The predicted octanol–water partition coefficient (Wildman–Crippen LogP) is 6.06. The summed E-state index contributed by atoms with van der Waals surface area (Å²) in [5.74, 6) is -2.16. The molecule has 1 amide bonds. The Hall–Kier alpha value is -3.55. The molecule has 0 bridgehead atoms. The molecule has 8 heteroatoms. The summed E-state index contributed by atoms with van der Waals surface area (Å²) in [6, 6.07) is 8.83. The predicted molar refractivity (Wildman–Crippen MR) is 132 cm³/mol. The Bertz CT molecular complexity index is 1360. The largest absolute Gasteiger partial charge is 0.478 e. The van der Waals surface area contributed by atoms with Crippen LogP contribution in [0.3, 0.4) is 0 Å². The van der Waals surface area contributed by atoms with Crippen molar-refractivity contribution in [2.75, 3.05) is 5.32 Å². The summed E-state index contributed by atoms with van der Waals surface area (Å²) in [5, 5.41) is 17.0. The zero-order valence-electron chi connectivity index (χ0n) is 20.6. The van der Waals surface area contributed by atoms with Gasteiger partial charge in [-0.2, -0.15) is 5.10 Å². The van der Waals surface area contributed by atoms with Crippen LogP contribution < -0.4 is 5.32 Å². The number of hydrogen-bond acceptors (Lipinski definition) is 3. The van der Waals surface area contributed by atoms with Crippen LogP contribution >= 0.6 is 0 Å². The molecule has 0 spiro atoms. The Morgan fingerprint density at radius 3 is 2.44 bits per heavy atom. The van der Waals surface area contributed by atoms with Crippen molar-refractivity contribution < 1.29 is 23.5 Å². The van der Waals surface area contributed by atoms with Gasteiger partial charge < -0.3 is 10.4 Å². The number of halogens is 2. The fourth-order valence-corrected chi connectivity index (χ4v) is 4.67. The topological polar surface area (TPSA) is 84.2 Å². The van der Waals surface area contributed by atoms with Gasteiger partial charge in [0.25, 0.3) is 0 Å². The average molecular weight is 494 g/mol. The molecule has 0 atom stereocenters. The third-order valence-electron chi connectivity index (χ3n) is 7.46. The molecule has 0 saturated heterocycles. The van der Waals surface area contributed by atoms with E-state index in [2.05, 4.69) is 17.3 Å². The lowest BCUT2D eigenvalue weighted by atomic mass is 9.90. The number of rotatable bonds is 8. The molecule has 188 valence electrons. The van der Waals surface area contributed by atoms with E-state index in [1.54, 1.807) is 18.3 Å². The first-order valence-corrected chi connectivity index (χ1v) is 12.1. The van der Waals surface area contributed by atoms with Crippen LogP contribution in [0.4, 0.5) is 14.5 Å². The second kappa shape index (κ2) is 8.25. The molecule has 2 fully saturated rings. The minimum Gasteiger partial charge on any atom is -0.478 e. The lowest BCUT2D eigenvalue weighted by Crippen LogP contribution is -2.29. The Labute approximate surface area is 208 Å². The van der Waals surface area contributed by atoms with Crippen molar-refractivity contribution in [3.63, 3.8) is 0 Å². The first-order chi connectivity index (χ1) is 16.9. The highest BCUT2D eigenvalue weighted by Crippen LogP contribution is 2.50. The maximum Gasteiger partial charge on any atom is 0.336 e. The molecule has 5 rings (SSSR count). The van der Waals surface area contributed by atoms with Crippen molar-refractivity contribution in [3.05, 3.63) is 71.3 Å². The molecule has 0 aliphatic heterocycles. The van der Waals surface area contributed by atoms with Crippen molar-refractivity contribution in [2.45, 2.75) is 64.1 Å². The van der Waals surface area contributed by atoms with Gasteiger partial charge in [0.15, 0.2) is 0 Å². The van der Waals surface area contributed by atoms with Crippen LogP contribution in [0.1, 0.15) is 67.9 Å². The van der Waals surface area contributed by atoms with Gasteiger partial charge in [-0.15, -0.1) is 0 Å². The number of benzene rings is 2. The van der Waals surface area contributed by atoms with E-state index < -0.39 is 28.8 Å². The molecule has 2 aliphatic rings. The maximum atomic E-state index is 14.9. The molecule has 1 aromatic heterocycles. The lowest BCUT2D eigenvalue weighted by Gasteiger charge is -2.20. The molecule has 1 heterocycles. The highest BCUT2D eigenvalue weighted by atomic mass is 19.1. The van der Waals surface area contributed by atoms with Gasteiger partial charge in [-0.3, -0.25) is 9.48 Å². The first-order valence-electron chi connectivity index (χ1n) is 12.1. The first kappa shape index (κ1) is 24.2. The van der Waals surface area contributed by atoms with Crippen LogP contribution in [0.15, 0.2) is 48.8 Å². The van der Waals surface area contributed by atoms with E-state index >= 15 is 0 Å². The van der Waals surface area contributed by atoms with E-state index in [9.17, 15) is 23.5 Å². The molecule has 2 N–H and O–H groups in total. The third kappa shape index (κ3) is 4.52. The minimum absolute atomic E-state index is 0.0375. The van der Waals surface area contributed by atoms with Gasteiger partial charge in [-0.05, 0) is 74.3 Å². The lowest BCUT2D eigenvalue weighted by molar-refractivity contribution is -0.118. The van der Waals surface area contributed by atoms with Crippen LogP contribution in [0.25, 0.3) is 11.1 Å². The van der Waals surface area contributed by atoms with E-state index in [0.717, 1.165) is 25.5 Å². The third-order valence-corrected chi connectivity index (χ3v) is 7.46. The van der Waals surface area contributed by atoms with Crippen molar-refractivity contribution in [2.24, 2.45) is 5.41 Å². The fraction of sp³-hybridized carbons (Fsp3) is 0.393. The smallest absolute Gasteiger partial charge is 0.336 e. The number of carboxylic acids is 1. The summed E-state index contributed by atoms with van der Waals surface area (Å²) in [4.78, 5) is 25.2. The number of carbonyl (C=O) groups is 2. The molecule has 0 unspecified atom stereocenters. The molecule has 36 heavy (non-hydrogen) atoms. The number of carbonyl (C=O) groups excluding carboxylic acids is 1. The molecule has 3 aromatic rings. The maximum absolute atomic E-state index is 14.9. The monoisotopic (exact) mass is 493 g/mol. The van der Waals surface area contributed by atoms with Crippen LogP contribution in [-0.2, 0) is 22.4 Å². The van der Waals surface area contributed by atoms with Gasteiger partial charge in [-0.25, -0.2) is 13.6 Å². The van der Waals surface area contributed by atoms with Gasteiger partial charge in [0.2, 0.25) is 5.91 Å². The molecular formula is C28H29F2N3O3. The Balaban J connectivity index is 1.38. The number of nitrogens with one attached hydrogen (secondary N) is 1. The van der Waals surface area contributed by atoms with Gasteiger partial charge in [0.1, 0.15) is 11.5 Å².